The first kappa shape index (κ1) is 16.0. The van der Waals surface area contributed by atoms with E-state index in [1.165, 1.54) is 45.2 Å². The van der Waals surface area contributed by atoms with Crippen LogP contribution in [0.3, 0.4) is 0 Å². The summed E-state index contributed by atoms with van der Waals surface area (Å²) in [6.45, 7) is 13.7. The average molecular weight is 254 g/mol. The predicted octanol–water partition coefficient (Wildman–Crippen LogP) is 3.51. The van der Waals surface area contributed by atoms with Gasteiger partial charge in [-0.3, -0.25) is 0 Å². The number of nitrogens with two attached hydrogens (primary N) is 1. The van der Waals surface area contributed by atoms with Crippen LogP contribution in [-0.4, -0.2) is 31.1 Å². The summed E-state index contributed by atoms with van der Waals surface area (Å²) >= 11 is 0. The number of nitrogens with zero attached hydrogens (tertiary/aromatic N) is 1. The molecule has 2 atom stereocenters. The standard InChI is InChI=1S/C16H34N2/c1-5-9-18(13-16(3,4)12-17)11-15-8-6-7-14(2)10-15/h14-15H,5-13,17H2,1-4H3. The van der Waals surface area contributed by atoms with Crippen molar-refractivity contribution in [2.24, 2.45) is 23.0 Å². The summed E-state index contributed by atoms with van der Waals surface area (Å²) in [5, 5.41) is 0. The zero-order chi connectivity index (χ0) is 13.6. The highest BCUT2D eigenvalue weighted by Crippen LogP contribution is 2.29. The molecule has 1 aliphatic rings. The zero-order valence-corrected chi connectivity index (χ0v) is 13.0. The van der Waals surface area contributed by atoms with E-state index in [1.807, 2.05) is 0 Å². The van der Waals surface area contributed by atoms with Crippen molar-refractivity contribution in [3.63, 3.8) is 0 Å². The van der Waals surface area contributed by atoms with E-state index in [-0.39, 0.29) is 5.41 Å². The molecule has 1 saturated carbocycles. The Morgan fingerprint density at radius 1 is 1.28 bits per heavy atom. The van der Waals surface area contributed by atoms with E-state index >= 15 is 0 Å². The Balaban J connectivity index is 2.46. The Labute approximate surface area is 114 Å². The molecule has 0 radical (unpaired) electrons. The predicted molar refractivity (Wildman–Crippen MR) is 80.7 cm³/mol. The van der Waals surface area contributed by atoms with E-state index < -0.39 is 0 Å². The Bertz CT molecular complexity index is 225. The number of hydrogen-bond donors (Lipinski definition) is 1. The van der Waals surface area contributed by atoms with Crippen LogP contribution in [0.1, 0.15) is 59.8 Å². The molecule has 0 aromatic carbocycles. The van der Waals surface area contributed by atoms with Crippen molar-refractivity contribution in [3.05, 3.63) is 0 Å². The maximum atomic E-state index is 5.88. The van der Waals surface area contributed by atoms with Gasteiger partial charge in [0.1, 0.15) is 0 Å². The van der Waals surface area contributed by atoms with Crippen LogP contribution in [0, 0.1) is 17.3 Å². The molecule has 0 aliphatic heterocycles. The smallest absolute Gasteiger partial charge is 0.00449 e. The monoisotopic (exact) mass is 254 g/mol. The first-order valence-corrected chi connectivity index (χ1v) is 7.89. The van der Waals surface area contributed by atoms with Crippen LogP contribution in [0.15, 0.2) is 0 Å². The van der Waals surface area contributed by atoms with E-state index in [0.717, 1.165) is 24.9 Å². The molecule has 2 N–H and O–H groups in total. The molecular formula is C16H34N2. The van der Waals surface area contributed by atoms with Gasteiger partial charge in [0.15, 0.2) is 0 Å². The van der Waals surface area contributed by atoms with Crippen molar-refractivity contribution >= 4 is 0 Å². The second-order valence-electron chi connectivity index (χ2n) is 7.24. The normalized spacial score (nSPS) is 25.7. The van der Waals surface area contributed by atoms with Gasteiger partial charge in [-0.25, -0.2) is 0 Å². The molecule has 0 bridgehead atoms. The summed E-state index contributed by atoms with van der Waals surface area (Å²) < 4.78 is 0. The second-order valence-corrected chi connectivity index (χ2v) is 7.24. The number of rotatable bonds is 7. The van der Waals surface area contributed by atoms with Gasteiger partial charge in [-0.05, 0) is 49.6 Å². The second kappa shape index (κ2) is 7.49. The SMILES string of the molecule is CCCN(CC1CCCC(C)C1)CC(C)(C)CN. The third kappa shape index (κ3) is 5.71. The Morgan fingerprint density at radius 3 is 2.56 bits per heavy atom. The minimum Gasteiger partial charge on any atom is -0.330 e. The minimum absolute atomic E-state index is 0.259. The summed E-state index contributed by atoms with van der Waals surface area (Å²) in [6, 6.07) is 0. The summed E-state index contributed by atoms with van der Waals surface area (Å²) in [4.78, 5) is 2.66. The highest BCUT2D eigenvalue weighted by atomic mass is 15.1. The summed E-state index contributed by atoms with van der Waals surface area (Å²) in [5.41, 5.74) is 6.14. The fraction of sp³-hybridized carbons (Fsp3) is 1.00. The van der Waals surface area contributed by atoms with Crippen LogP contribution >= 0.6 is 0 Å². The average Bonchev–Trinajstić information content (AvgIpc) is 2.29. The van der Waals surface area contributed by atoms with Crippen molar-refractivity contribution < 1.29 is 0 Å². The Kier molecular flexibility index (Phi) is 6.65. The molecule has 0 spiro atoms. The Hall–Kier alpha value is -0.0800. The molecular weight excluding hydrogens is 220 g/mol. The summed E-state index contributed by atoms with van der Waals surface area (Å²) in [6.07, 6.45) is 7.00. The van der Waals surface area contributed by atoms with Crippen molar-refractivity contribution in [2.75, 3.05) is 26.2 Å². The van der Waals surface area contributed by atoms with Crippen LogP contribution in [-0.2, 0) is 0 Å². The first-order valence-electron chi connectivity index (χ1n) is 7.89. The molecule has 2 unspecified atom stereocenters. The van der Waals surface area contributed by atoms with Gasteiger partial charge >= 0.3 is 0 Å². The molecule has 1 aliphatic carbocycles. The van der Waals surface area contributed by atoms with E-state index in [9.17, 15) is 0 Å². The molecule has 0 amide bonds. The maximum Gasteiger partial charge on any atom is 0.00449 e. The molecule has 0 saturated heterocycles. The molecule has 18 heavy (non-hydrogen) atoms. The molecule has 108 valence electrons. The lowest BCUT2D eigenvalue weighted by molar-refractivity contribution is 0.135. The quantitative estimate of drug-likeness (QED) is 0.753. The van der Waals surface area contributed by atoms with E-state index in [1.54, 1.807) is 0 Å². The highest BCUT2D eigenvalue weighted by Gasteiger charge is 2.24. The lowest BCUT2D eigenvalue weighted by atomic mass is 9.82. The molecule has 2 heteroatoms. The molecule has 1 fully saturated rings. The molecule has 0 aromatic rings. The van der Waals surface area contributed by atoms with Crippen molar-refractivity contribution in [3.8, 4) is 0 Å². The molecule has 1 rings (SSSR count). The van der Waals surface area contributed by atoms with Crippen LogP contribution in [0.4, 0.5) is 0 Å². The van der Waals surface area contributed by atoms with E-state index in [2.05, 4.69) is 32.6 Å². The van der Waals surface area contributed by atoms with Crippen molar-refractivity contribution in [1.29, 1.82) is 0 Å². The van der Waals surface area contributed by atoms with Gasteiger partial charge in [0, 0.05) is 13.1 Å². The maximum absolute atomic E-state index is 5.88. The summed E-state index contributed by atoms with van der Waals surface area (Å²) in [5.74, 6) is 1.86. The highest BCUT2D eigenvalue weighted by molar-refractivity contribution is 4.78. The zero-order valence-electron chi connectivity index (χ0n) is 13.0. The Morgan fingerprint density at radius 2 is 2.00 bits per heavy atom. The molecule has 2 nitrogen and oxygen atoms in total. The van der Waals surface area contributed by atoms with Gasteiger partial charge in [0.2, 0.25) is 0 Å². The van der Waals surface area contributed by atoms with Crippen LogP contribution in [0.25, 0.3) is 0 Å². The topological polar surface area (TPSA) is 29.3 Å². The van der Waals surface area contributed by atoms with Crippen molar-refractivity contribution in [2.45, 2.75) is 59.8 Å². The van der Waals surface area contributed by atoms with Gasteiger partial charge in [0.05, 0.1) is 0 Å². The van der Waals surface area contributed by atoms with Crippen LogP contribution in [0.5, 0.6) is 0 Å². The van der Waals surface area contributed by atoms with Crippen LogP contribution < -0.4 is 5.73 Å². The minimum atomic E-state index is 0.259. The van der Waals surface area contributed by atoms with Crippen LogP contribution in [0.2, 0.25) is 0 Å². The molecule has 0 heterocycles. The lowest BCUT2D eigenvalue weighted by Gasteiger charge is -2.36. The van der Waals surface area contributed by atoms with Gasteiger partial charge in [-0.15, -0.1) is 0 Å². The van der Waals surface area contributed by atoms with Gasteiger partial charge < -0.3 is 10.6 Å². The fourth-order valence-corrected chi connectivity index (χ4v) is 3.31. The van der Waals surface area contributed by atoms with Gasteiger partial charge in [-0.1, -0.05) is 40.5 Å². The lowest BCUT2D eigenvalue weighted by Crippen LogP contribution is -2.41. The van der Waals surface area contributed by atoms with Gasteiger partial charge in [-0.2, -0.15) is 0 Å². The molecule has 0 aromatic heterocycles. The number of hydrogen-bond acceptors (Lipinski definition) is 2. The fourth-order valence-electron chi connectivity index (χ4n) is 3.31. The summed E-state index contributed by atoms with van der Waals surface area (Å²) in [7, 11) is 0. The largest absolute Gasteiger partial charge is 0.330 e. The van der Waals surface area contributed by atoms with Gasteiger partial charge in [0.25, 0.3) is 0 Å². The van der Waals surface area contributed by atoms with E-state index in [0.29, 0.717) is 0 Å². The first-order chi connectivity index (χ1) is 8.46. The van der Waals surface area contributed by atoms with E-state index in [4.69, 9.17) is 5.73 Å². The third-order valence-electron chi connectivity index (χ3n) is 4.31. The van der Waals surface area contributed by atoms with Crippen molar-refractivity contribution in [1.82, 2.24) is 4.90 Å². The third-order valence-corrected chi connectivity index (χ3v) is 4.31.